The molecule has 2 aliphatic carbocycles. The highest BCUT2D eigenvalue weighted by Crippen LogP contribution is 2.61. The number of nitrogens with zero attached hydrogens (tertiary/aromatic N) is 1. The highest BCUT2D eigenvalue weighted by molar-refractivity contribution is 6.13. The summed E-state index contributed by atoms with van der Waals surface area (Å²) >= 11 is 0. The third kappa shape index (κ3) is 5.15. The van der Waals surface area contributed by atoms with E-state index >= 15 is 0 Å². The summed E-state index contributed by atoms with van der Waals surface area (Å²) in [7, 11) is 0. The van der Waals surface area contributed by atoms with E-state index in [4.69, 9.17) is 0 Å². The van der Waals surface area contributed by atoms with Crippen molar-refractivity contribution >= 4 is 21.8 Å². The second kappa shape index (κ2) is 14.0. The molecule has 1 spiro atoms. The van der Waals surface area contributed by atoms with Crippen LogP contribution in [0.15, 0.2) is 218 Å². The van der Waals surface area contributed by atoms with Gasteiger partial charge in [0.1, 0.15) is 0 Å². The molecule has 3 aliphatic rings. The summed E-state index contributed by atoms with van der Waals surface area (Å²) in [5, 5.41) is 2.58. The second-order valence-electron chi connectivity index (χ2n) is 19.5. The molecule has 316 valence electrons. The van der Waals surface area contributed by atoms with Crippen LogP contribution in [0.3, 0.4) is 0 Å². The Labute approximate surface area is 392 Å². The zero-order valence-corrected chi connectivity index (χ0v) is 37.9. The number of hydrogen-bond acceptors (Lipinski definition) is 0. The Morgan fingerprint density at radius 3 is 1.66 bits per heavy atom. The van der Waals surface area contributed by atoms with Crippen LogP contribution in [-0.4, -0.2) is 4.57 Å². The first-order valence-corrected chi connectivity index (χ1v) is 23.8. The first kappa shape index (κ1) is 38.3. The van der Waals surface area contributed by atoms with Gasteiger partial charge in [-0.15, -0.1) is 0 Å². The fourth-order valence-electron chi connectivity index (χ4n) is 13.1. The van der Waals surface area contributed by atoms with Gasteiger partial charge in [0.25, 0.3) is 0 Å². The van der Waals surface area contributed by atoms with Gasteiger partial charge < -0.3 is 4.57 Å². The maximum atomic E-state index is 2.59. The zero-order chi connectivity index (χ0) is 44.6. The number of para-hydroxylation sites is 2. The molecule has 0 bridgehead atoms. The van der Waals surface area contributed by atoms with Gasteiger partial charge in [-0.3, -0.25) is 0 Å². The van der Waals surface area contributed by atoms with E-state index in [1.165, 1.54) is 133 Å². The molecular formula is C66H47N. The van der Waals surface area contributed by atoms with Crippen LogP contribution in [0.4, 0.5) is 0 Å². The molecule has 1 heteroatoms. The third-order valence-electron chi connectivity index (χ3n) is 15.8. The first-order chi connectivity index (χ1) is 32.9. The third-order valence-corrected chi connectivity index (χ3v) is 15.8. The zero-order valence-electron chi connectivity index (χ0n) is 37.9. The van der Waals surface area contributed by atoms with E-state index in [9.17, 15) is 0 Å². The molecule has 0 amide bonds. The van der Waals surface area contributed by atoms with Crippen molar-refractivity contribution in [3.8, 4) is 61.3 Å². The van der Waals surface area contributed by atoms with Crippen LogP contribution >= 0.6 is 0 Å². The van der Waals surface area contributed by atoms with Crippen molar-refractivity contribution < 1.29 is 0 Å². The average Bonchev–Trinajstić information content (AvgIpc) is 3.96. The molecule has 0 atom stereocenters. The molecule has 0 saturated carbocycles. The molecule has 14 rings (SSSR count). The topological polar surface area (TPSA) is 4.93 Å². The van der Waals surface area contributed by atoms with Crippen LogP contribution in [0.2, 0.25) is 0 Å². The fraction of sp³-hybridized carbons (Fsp3) is 0.0909. The van der Waals surface area contributed by atoms with Gasteiger partial charge in [0.2, 0.25) is 0 Å². The van der Waals surface area contributed by atoms with E-state index in [1.807, 2.05) is 0 Å². The molecule has 10 aromatic carbocycles. The Hall–Kier alpha value is -8.00. The predicted molar refractivity (Wildman–Crippen MR) is 279 cm³/mol. The molecule has 2 heterocycles. The number of fused-ring (bicyclic) bond motifs is 15. The Balaban J connectivity index is 1.05. The maximum Gasteiger partial charge on any atom is 0.0754 e. The van der Waals surface area contributed by atoms with Gasteiger partial charge in [-0.25, -0.2) is 0 Å². The number of rotatable bonds is 5. The van der Waals surface area contributed by atoms with Crippen LogP contribution in [-0.2, 0) is 17.3 Å². The average molecular weight is 854 g/mol. The summed E-state index contributed by atoms with van der Waals surface area (Å²) in [6.07, 6.45) is 0.794. The highest BCUT2D eigenvalue weighted by atomic mass is 15.0. The molecule has 67 heavy (non-hydrogen) atoms. The van der Waals surface area contributed by atoms with Crippen molar-refractivity contribution in [3.05, 3.63) is 268 Å². The summed E-state index contributed by atoms with van der Waals surface area (Å²) in [5.74, 6) is 0. The highest BCUT2D eigenvalue weighted by Gasteiger charge is 2.51. The minimum Gasteiger partial charge on any atom is -0.309 e. The lowest BCUT2D eigenvalue weighted by Gasteiger charge is -2.40. The van der Waals surface area contributed by atoms with Crippen molar-refractivity contribution in [2.24, 2.45) is 0 Å². The molecule has 11 aromatic rings. The van der Waals surface area contributed by atoms with E-state index < -0.39 is 5.41 Å². The molecule has 1 aromatic heterocycles. The van der Waals surface area contributed by atoms with Crippen molar-refractivity contribution in [2.45, 2.75) is 38.0 Å². The van der Waals surface area contributed by atoms with E-state index in [0.717, 1.165) is 6.42 Å². The standard InChI is InChI=1S/C66H47N/c1-41-18-4-5-22-46(41)42-19-14-20-43(38-42)47-27-16-28-48(55(47)39-45-21-15-29-53-51-25-6-10-31-56(51)65(2,3)63(45)53)44-36-37-59-62(40-44)67-61-35-13-9-26-52(61)54-30-17-34-60(64(54)67)66(59)57-32-11-7-23-49(57)50-24-8-12-33-58(50)66/h4-38,40H,39H2,1-3H3. The lowest BCUT2D eigenvalue weighted by atomic mass is 9.65. The van der Waals surface area contributed by atoms with E-state index in [-0.39, 0.29) is 5.41 Å². The molecular weight excluding hydrogens is 807 g/mol. The number of benzene rings is 10. The van der Waals surface area contributed by atoms with Crippen LogP contribution in [0.1, 0.15) is 63.9 Å². The Kier molecular flexibility index (Phi) is 8.00. The molecule has 0 unspecified atom stereocenters. The normalized spacial score (nSPS) is 14.2. The summed E-state index contributed by atoms with van der Waals surface area (Å²) in [6.45, 7) is 7.05. The smallest absolute Gasteiger partial charge is 0.0754 e. The number of hydrogen-bond donors (Lipinski definition) is 0. The van der Waals surface area contributed by atoms with E-state index in [2.05, 4.69) is 244 Å². The van der Waals surface area contributed by atoms with Crippen LogP contribution < -0.4 is 0 Å². The summed E-state index contributed by atoms with van der Waals surface area (Å²) < 4.78 is 2.59. The summed E-state index contributed by atoms with van der Waals surface area (Å²) in [5.41, 5.74) is 28.2. The summed E-state index contributed by atoms with van der Waals surface area (Å²) in [6, 6.07) is 82.8. The molecule has 0 N–H and O–H groups in total. The Bertz CT molecular complexity index is 3850. The molecule has 0 radical (unpaired) electrons. The molecule has 1 nitrogen and oxygen atoms in total. The van der Waals surface area contributed by atoms with Crippen molar-refractivity contribution in [3.63, 3.8) is 0 Å². The number of aryl methyl sites for hydroxylation is 1. The quantitative estimate of drug-likeness (QED) is 0.163. The van der Waals surface area contributed by atoms with Crippen LogP contribution in [0, 0.1) is 6.92 Å². The fourth-order valence-corrected chi connectivity index (χ4v) is 13.1. The first-order valence-electron chi connectivity index (χ1n) is 23.8. The molecule has 0 saturated heterocycles. The van der Waals surface area contributed by atoms with E-state index in [1.54, 1.807) is 0 Å². The largest absolute Gasteiger partial charge is 0.309 e. The van der Waals surface area contributed by atoms with Crippen molar-refractivity contribution in [1.82, 2.24) is 4.57 Å². The van der Waals surface area contributed by atoms with Gasteiger partial charge >= 0.3 is 0 Å². The molecule has 0 fully saturated rings. The van der Waals surface area contributed by atoms with E-state index in [0.29, 0.717) is 0 Å². The van der Waals surface area contributed by atoms with Gasteiger partial charge in [-0.2, -0.15) is 0 Å². The predicted octanol–water partition coefficient (Wildman–Crippen LogP) is 16.7. The monoisotopic (exact) mass is 853 g/mol. The Morgan fingerprint density at radius 1 is 0.388 bits per heavy atom. The molecule has 1 aliphatic heterocycles. The SMILES string of the molecule is Cc1ccccc1-c1cccc(-c2cccc(-c3ccc4c(c3)-n3c5ccccc5c5cccc(c53)C43c4ccccc4-c4ccccc43)c2Cc2cccc3c2C(C)(C)c2ccccc2-3)c1. The summed E-state index contributed by atoms with van der Waals surface area (Å²) in [4.78, 5) is 0. The lowest BCUT2D eigenvalue weighted by Crippen LogP contribution is -2.33. The van der Waals surface area contributed by atoms with Gasteiger partial charge in [0, 0.05) is 16.2 Å². The minimum absolute atomic E-state index is 0.134. The van der Waals surface area contributed by atoms with Gasteiger partial charge in [-0.1, -0.05) is 214 Å². The maximum absolute atomic E-state index is 2.59. The number of aromatic nitrogens is 1. The van der Waals surface area contributed by atoms with Crippen molar-refractivity contribution in [2.75, 3.05) is 0 Å². The second-order valence-corrected chi connectivity index (χ2v) is 19.5. The van der Waals surface area contributed by atoms with Crippen molar-refractivity contribution in [1.29, 1.82) is 0 Å². The van der Waals surface area contributed by atoms with Gasteiger partial charge in [0.15, 0.2) is 0 Å². The van der Waals surface area contributed by atoms with Gasteiger partial charge in [-0.05, 0) is 137 Å². The minimum atomic E-state index is -0.489. The van der Waals surface area contributed by atoms with Crippen LogP contribution in [0.5, 0.6) is 0 Å². The van der Waals surface area contributed by atoms with Gasteiger partial charge in [0.05, 0.1) is 22.1 Å². The lowest BCUT2D eigenvalue weighted by molar-refractivity contribution is 0.653. The van der Waals surface area contributed by atoms with Crippen LogP contribution in [0.25, 0.3) is 83.1 Å². The Morgan fingerprint density at radius 2 is 0.910 bits per heavy atom.